The molecule has 18 heavy (non-hydrogen) atoms. The zero-order valence-electron chi connectivity index (χ0n) is 10.1. The molecule has 0 aliphatic rings. The Bertz CT molecular complexity index is 560. The number of rotatable bonds is 3. The van der Waals surface area contributed by atoms with Gasteiger partial charge in [-0.25, -0.2) is 0 Å². The summed E-state index contributed by atoms with van der Waals surface area (Å²) in [7, 11) is 0. The quantitative estimate of drug-likeness (QED) is 0.910. The summed E-state index contributed by atoms with van der Waals surface area (Å²) in [4.78, 5) is 8.59. The number of hydrogen-bond acceptors (Lipinski definition) is 3. The average molecular weight is 327 g/mol. The lowest BCUT2D eigenvalue weighted by molar-refractivity contribution is 0.809. The molecule has 0 radical (unpaired) electrons. The molecule has 0 amide bonds. The molecule has 1 unspecified atom stereocenters. The van der Waals surface area contributed by atoms with Crippen LogP contribution in [-0.4, -0.2) is 9.97 Å². The lowest BCUT2D eigenvalue weighted by Crippen LogP contribution is -2.11. The van der Waals surface area contributed by atoms with E-state index < -0.39 is 0 Å². The monoisotopic (exact) mass is 325 g/mol. The molecule has 0 fully saturated rings. The Morgan fingerprint density at radius 1 is 1.28 bits per heavy atom. The Morgan fingerprint density at radius 2 is 2.00 bits per heavy atom. The second kappa shape index (κ2) is 5.67. The first-order valence-corrected chi connectivity index (χ1v) is 6.74. The van der Waals surface area contributed by atoms with E-state index in [-0.39, 0.29) is 6.04 Å². The van der Waals surface area contributed by atoms with Crippen molar-refractivity contribution in [2.75, 3.05) is 5.32 Å². The predicted molar refractivity (Wildman–Crippen MR) is 78.0 cm³/mol. The van der Waals surface area contributed by atoms with Crippen LogP contribution in [0.4, 0.5) is 5.69 Å². The highest BCUT2D eigenvalue weighted by atomic mass is 79.9. The molecule has 0 spiro atoms. The molecule has 0 aliphatic carbocycles. The van der Waals surface area contributed by atoms with Gasteiger partial charge in [0.15, 0.2) is 0 Å². The van der Waals surface area contributed by atoms with Gasteiger partial charge in [0.2, 0.25) is 0 Å². The maximum absolute atomic E-state index is 6.06. The van der Waals surface area contributed by atoms with Crippen molar-refractivity contribution in [2.45, 2.75) is 19.9 Å². The lowest BCUT2D eigenvalue weighted by Gasteiger charge is -2.17. The van der Waals surface area contributed by atoms with Crippen LogP contribution in [0, 0.1) is 6.92 Å². The molecule has 1 heterocycles. The van der Waals surface area contributed by atoms with Gasteiger partial charge >= 0.3 is 0 Å². The summed E-state index contributed by atoms with van der Waals surface area (Å²) >= 11 is 9.53. The first-order chi connectivity index (χ1) is 8.59. The summed E-state index contributed by atoms with van der Waals surface area (Å²) in [6.07, 6.45) is 3.40. The Morgan fingerprint density at radius 3 is 2.72 bits per heavy atom. The summed E-state index contributed by atoms with van der Waals surface area (Å²) in [6.45, 7) is 4.00. The number of nitrogens with one attached hydrogen (secondary N) is 1. The third kappa shape index (κ3) is 2.82. The smallest absolute Gasteiger partial charge is 0.0835 e. The Kier molecular flexibility index (Phi) is 4.19. The van der Waals surface area contributed by atoms with Crippen LogP contribution in [0.1, 0.15) is 24.4 Å². The standard InChI is InChI=1S/C13H13BrClN3/c1-8-13(17-7-6-16-8)9(2)18-11-5-3-4-10(15)12(11)14/h3-7,9,18H,1-2H3. The van der Waals surface area contributed by atoms with E-state index in [2.05, 4.69) is 31.2 Å². The van der Waals surface area contributed by atoms with Crippen molar-refractivity contribution in [3.8, 4) is 0 Å². The van der Waals surface area contributed by atoms with Gasteiger partial charge in [0.25, 0.3) is 0 Å². The van der Waals surface area contributed by atoms with Crippen LogP contribution in [0.15, 0.2) is 35.1 Å². The fourth-order valence-corrected chi connectivity index (χ4v) is 2.31. The number of nitrogens with zero attached hydrogens (tertiary/aromatic N) is 2. The summed E-state index contributed by atoms with van der Waals surface area (Å²) in [5, 5.41) is 4.06. The molecule has 1 aromatic heterocycles. The number of halogens is 2. The van der Waals surface area contributed by atoms with Crippen molar-refractivity contribution < 1.29 is 0 Å². The number of anilines is 1. The minimum atomic E-state index is 0.0634. The third-order valence-electron chi connectivity index (χ3n) is 2.65. The van der Waals surface area contributed by atoms with Crippen LogP contribution in [0.2, 0.25) is 5.02 Å². The maximum Gasteiger partial charge on any atom is 0.0835 e. The molecule has 1 N–H and O–H groups in total. The second-order valence-electron chi connectivity index (χ2n) is 3.99. The van der Waals surface area contributed by atoms with Gasteiger partial charge < -0.3 is 5.32 Å². The van der Waals surface area contributed by atoms with E-state index in [1.165, 1.54) is 0 Å². The number of benzene rings is 1. The molecule has 5 heteroatoms. The van der Waals surface area contributed by atoms with Crippen LogP contribution in [0.25, 0.3) is 0 Å². The minimum absolute atomic E-state index is 0.0634. The van der Waals surface area contributed by atoms with E-state index in [4.69, 9.17) is 11.6 Å². The van der Waals surface area contributed by atoms with Crippen molar-refractivity contribution in [3.05, 3.63) is 51.5 Å². The van der Waals surface area contributed by atoms with Gasteiger partial charge in [0.05, 0.1) is 32.6 Å². The molecule has 2 rings (SSSR count). The Labute approximate surface area is 120 Å². The van der Waals surface area contributed by atoms with Gasteiger partial charge in [-0.2, -0.15) is 0 Å². The van der Waals surface area contributed by atoms with Crippen molar-refractivity contribution in [3.63, 3.8) is 0 Å². The summed E-state index contributed by atoms with van der Waals surface area (Å²) in [6, 6.07) is 5.78. The molecule has 94 valence electrons. The fourth-order valence-electron chi connectivity index (χ4n) is 1.76. The van der Waals surface area contributed by atoms with Crippen LogP contribution >= 0.6 is 27.5 Å². The van der Waals surface area contributed by atoms with Crippen LogP contribution < -0.4 is 5.32 Å². The lowest BCUT2D eigenvalue weighted by atomic mass is 10.1. The van der Waals surface area contributed by atoms with E-state index in [1.807, 2.05) is 32.0 Å². The molecule has 0 saturated carbocycles. The predicted octanol–water partition coefficient (Wildman–Crippen LogP) is 4.37. The summed E-state index contributed by atoms with van der Waals surface area (Å²) < 4.78 is 0.861. The molecular weight excluding hydrogens is 314 g/mol. The number of hydrogen-bond donors (Lipinski definition) is 1. The zero-order valence-corrected chi connectivity index (χ0v) is 12.5. The van der Waals surface area contributed by atoms with Crippen LogP contribution in [0.3, 0.4) is 0 Å². The van der Waals surface area contributed by atoms with Crippen molar-refractivity contribution in [1.29, 1.82) is 0 Å². The first kappa shape index (κ1) is 13.3. The molecule has 2 aromatic rings. The van der Waals surface area contributed by atoms with E-state index in [9.17, 15) is 0 Å². The largest absolute Gasteiger partial charge is 0.376 e. The molecule has 0 bridgehead atoms. The van der Waals surface area contributed by atoms with Gasteiger partial charge in [-0.05, 0) is 41.9 Å². The van der Waals surface area contributed by atoms with Gasteiger partial charge in [0.1, 0.15) is 0 Å². The van der Waals surface area contributed by atoms with Gasteiger partial charge in [-0.1, -0.05) is 17.7 Å². The fraction of sp³-hybridized carbons (Fsp3) is 0.231. The molecule has 0 aliphatic heterocycles. The van der Waals surface area contributed by atoms with E-state index in [0.29, 0.717) is 5.02 Å². The van der Waals surface area contributed by atoms with Crippen LogP contribution in [0.5, 0.6) is 0 Å². The van der Waals surface area contributed by atoms with Crippen molar-refractivity contribution in [1.82, 2.24) is 9.97 Å². The SMILES string of the molecule is Cc1nccnc1C(C)Nc1cccc(Cl)c1Br. The zero-order chi connectivity index (χ0) is 13.1. The Hall–Kier alpha value is -1.13. The van der Waals surface area contributed by atoms with E-state index in [1.54, 1.807) is 12.4 Å². The highest BCUT2D eigenvalue weighted by molar-refractivity contribution is 9.10. The molecular formula is C13H13BrClN3. The number of aryl methyl sites for hydroxylation is 1. The van der Waals surface area contributed by atoms with E-state index in [0.717, 1.165) is 21.5 Å². The average Bonchev–Trinajstić information content (AvgIpc) is 2.35. The van der Waals surface area contributed by atoms with Crippen molar-refractivity contribution >= 4 is 33.2 Å². The summed E-state index contributed by atoms with van der Waals surface area (Å²) in [5.74, 6) is 0. The summed E-state index contributed by atoms with van der Waals surface area (Å²) in [5.41, 5.74) is 2.81. The molecule has 3 nitrogen and oxygen atoms in total. The van der Waals surface area contributed by atoms with E-state index >= 15 is 0 Å². The third-order valence-corrected chi connectivity index (χ3v) is 4.05. The normalized spacial score (nSPS) is 12.2. The maximum atomic E-state index is 6.06. The molecule has 0 saturated heterocycles. The Balaban J connectivity index is 2.24. The second-order valence-corrected chi connectivity index (χ2v) is 5.19. The first-order valence-electron chi connectivity index (χ1n) is 5.57. The van der Waals surface area contributed by atoms with Crippen LogP contribution in [-0.2, 0) is 0 Å². The van der Waals surface area contributed by atoms with Gasteiger partial charge in [-0.3, -0.25) is 9.97 Å². The van der Waals surface area contributed by atoms with Crippen molar-refractivity contribution in [2.24, 2.45) is 0 Å². The highest BCUT2D eigenvalue weighted by Gasteiger charge is 2.12. The van der Waals surface area contributed by atoms with Gasteiger partial charge in [0, 0.05) is 12.4 Å². The minimum Gasteiger partial charge on any atom is -0.376 e. The molecule has 1 aromatic carbocycles. The highest BCUT2D eigenvalue weighted by Crippen LogP contribution is 2.32. The number of aromatic nitrogens is 2. The molecule has 1 atom stereocenters. The van der Waals surface area contributed by atoms with Gasteiger partial charge in [-0.15, -0.1) is 0 Å². The topological polar surface area (TPSA) is 37.8 Å².